The van der Waals surface area contributed by atoms with E-state index in [9.17, 15) is 5.21 Å². The molecule has 0 radical (unpaired) electrons. The second-order valence-electron chi connectivity index (χ2n) is 5.53. The molecule has 24 heavy (non-hydrogen) atoms. The number of amidine groups is 1. The Morgan fingerprint density at radius 3 is 2.67 bits per heavy atom. The lowest BCUT2D eigenvalue weighted by Gasteiger charge is -2.37. The van der Waals surface area contributed by atoms with Gasteiger partial charge in [-0.2, -0.15) is 0 Å². The van der Waals surface area contributed by atoms with Crippen molar-refractivity contribution in [2.45, 2.75) is 0 Å². The number of nitrogens with zero attached hydrogens (tertiary/aromatic N) is 5. The number of hydrogen-bond acceptors (Lipinski definition) is 7. The molecular formula is C16H17N5O3. The molecule has 8 heteroatoms. The van der Waals surface area contributed by atoms with Gasteiger partial charge in [-0.25, -0.2) is 4.98 Å². The molecule has 0 amide bonds. The van der Waals surface area contributed by atoms with Crippen LogP contribution in [0.4, 0.5) is 5.69 Å². The molecule has 0 aliphatic carbocycles. The first-order valence-corrected chi connectivity index (χ1v) is 7.73. The van der Waals surface area contributed by atoms with E-state index in [1.165, 1.54) is 0 Å². The van der Waals surface area contributed by atoms with Gasteiger partial charge in [-0.15, -0.1) is 0 Å². The van der Waals surface area contributed by atoms with E-state index < -0.39 is 0 Å². The van der Waals surface area contributed by atoms with Crippen LogP contribution in [0.1, 0.15) is 5.69 Å². The van der Waals surface area contributed by atoms with Gasteiger partial charge < -0.3 is 24.5 Å². The zero-order chi connectivity index (χ0) is 16.4. The van der Waals surface area contributed by atoms with Gasteiger partial charge in [0.15, 0.2) is 17.3 Å². The lowest BCUT2D eigenvalue weighted by Crippen LogP contribution is -2.49. The minimum absolute atomic E-state index is 0.279. The van der Waals surface area contributed by atoms with Crippen molar-refractivity contribution >= 4 is 11.5 Å². The summed E-state index contributed by atoms with van der Waals surface area (Å²) in [5.74, 6) is 2.02. The second kappa shape index (κ2) is 6.23. The number of benzene rings is 1. The second-order valence-corrected chi connectivity index (χ2v) is 5.53. The fraction of sp³-hybridized carbons (Fsp3) is 0.312. The van der Waals surface area contributed by atoms with E-state index in [1.54, 1.807) is 18.6 Å². The number of rotatable bonds is 2. The number of oxime groups is 1. The van der Waals surface area contributed by atoms with E-state index in [4.69, 9.17) is 9.47 Å². The van der Waals surface area contributed by atoms with Crippen molar-refractivity contribution in [3.8, 4) is 11.5 Å². The maximum atomic E-state index is 9.35. The Labute approximate surface area is 138 Å². The Morgan fingerprint density at radius 1 is 1.08 bits per heavy atom. The summed E-state index contributed by atoms with van der Waals surface area (Å²) >= 11 is 0. The van der Waals surface area contributed by atoms with E-state index in [-0.39, 0.29) is 6.79 Å². The monoisotopic (exact) mass is 327 g/mol. The molecule has 0 unspecified atom stereocenters. The summed E-state index contributed by atoms with van der Waals surface area (Å²) in [7, 11) is 0. The maximum absolute atomic E-state index is 9.35. The van der Waals surface area contributed by atoms with Crippen molar-refractivity contribution in [1.82, 2.24) is 14.9 Å². The zero-order valence-electron chi connectivity index (χ0n) is 13.0. The first-order valence-electron chi connectivity index (χ1n) is 7.73. The average molecular weight is 327 g/mol. The molecule has 0 bridgehead atoms. The van der Waals surface area contributed by atoms with Gasteiger partial charge in [0.05, 0.1) is 6.20 Å². The lowest BCUT2D eigenvalue weighted by atomic mass is 10.2. The number of aromatic nitrogens is 2. The predicted molar refractivity (Wildman–Crippen MR) is 86.7 cm³/mol. The normalized spacial score (nSPS) is 17.2. The molecule has 2 aromatic rings. The molecule has 1 N–H and O–H groups in total. The molecule has 1 fully saturated rings. The van der Waals surface area contributed by atoms with Crippen molar-refractivity contribution in [2.24, 2.45) is 5.16 Å². The third kappa shape index (κ3) is 2.66. The van der Waals surface area contributed by atoms with Gasteiger partial charge >= 0.3 is 0 Å². The summed E-state index contributed by atoms with van der Waals surface area (Å²) < 4.78 is 10.8. The van der Waals surface area contributed by atoms with Crippen LogP contribution in [0.3, 0.4) is 0 Å². The summed E-state index contributed by atoms with van der Waals surface area (Å²) in [5, 5.41) is 12.8. The van der Waals surface area contributed by atoms with Crippen LogP contribution in [0.2, 0.25) is 0 Å². The van der Waals surface area contributed by atoms with Crippen LogP contribution in [-0.2, 0) is 0 Å². The molecule has 2 aliphatic heterocycles. The number of ether oxygens (including phenoxy) is 2. The number of fused-ring (bicyclic) bond motifs is 1. The Bertz CT molecular complexity index is 745. The van der Waals surface area contributed by atoms with Gasteiger partial charge in [0.1, 0.15) is 5.69 Å². The summed E-state index contributed by atoms with van der Waals surface area (Å²) in [6, 6.07) is 5.97. The van der Waals surface area contributed by atoms with E-state index in [1.807, 2.05) is 23.1 Å². The Hall–Kier alpha value is -3.03. The smallest absolute Gasteiger partial charge is 0.231 e. The molecule has 0 saturated carbocycles. The van der Waals surface area contributed by atoms with Gasteiger partial charge in [0.25, 0.3) is 0 Å². The first kappa shape index (κ1) is 14.6. The Balaban J connectivity index is 1.45. The van der Waals surface area contributed by atoms with Crippen molar-refractivity contribution in [3.63, 3.8) is 0 Å². The molecule has 0 spiro atoms. The molecule has 2 aliphatic rings. The molecule has 0 atom stereocenters. The van der Waals surface area contributed by atoms with Crippen molar-refractivity contribution in [1.29, 1.82) is 0 Å². The highest BCUT2D eigenvalue weighted by atomic mass is 16.7. The molecular weight excluding hydrogens is 310 g/mol. The Morgan fingerprint density at radius 2 is 1.92 bits per heavy atom. The Kier molecular flexibility index (Phi) is 3.78. The molecule has 3 heterocycles. The standard InChI is InChI=1S/C16H17N5O3/c22-19-16(13-10-17-3-4-18-13)21-7-5-20(6-8-21)12-1-2-14-15(9-12)24-11-23-14/h1-4,9-10,22H,5-8,11H2/b19-16+. The van der Waals surface area contributed by atoms with Crippen LogP contribution in [0.5, 0.6) is 11.5 Å². The molecule has 1 aromatic carbocycles. The van der Waals surface area contributed by atoms with Crippen LogP contribution in [0.25, 0.3) is 0 Å². The average Bonchev–Trinajstić information content (AvgIpc) is 3.12. The fourth-order valence-corrected chi connectivity index (χ4v) is 2.95. The van der Waals surface area contributed by atoms with Gasteiger partial charge in [-0.1, -0.05) is 5.16 Å². The van der Waals surface area contributed by atoms with Gasteiger partial charge in [0, 0.05) is 50.3 Å². The van der Waals surface area contributed by atoms with E-state index in [0.29, 0.717) is 11.5 Å². The fourth-order valence-electron chi connectivity index (χ4n) is 2.95. The number of anilines is 1. The molecule has 1 saturated heterocycles. The summed E-state index contributed by atoms with van der Waals surface area (Å²) in [6.07, 6.45) is 4.78. The molecule has 4 rings (SSSR count). The van der Waals surface area contributed by atoms with E-state index in [0.717, 1.165) is 43.4 Å². The molecule has 124 valence electrons. The minimum atomic E-state index is 0.279. The summed E-state index contributed by atoms with van der Waals surface area (Å²) in [4.78, 5) is 12.5. The van der Waals surface area contributed by atoms with Crippen LogP contribution in [0, 0.1) is 0 Å². The van der Waals surface area contributed by atoms with Crippen LogP contribution >= 0.6 is 0 Å². The van der Waals surface area contributed by atoms with Gasteiger partial charge in [0.2, 0.25) is 6.79 Å². The zero-order valence-corrected chi connectivity index (χ0v) is 13.0. The van der Waals surface area contributed by atoms with Crippen LogP contribution in [0.15, 0.2) is 41.9 Å². The van der Waals surface area contributed by atoms with Gasteiger partial charge in [-0.05, 0) is 12.1 Å². The largest absolute Gasteiger partial charge is 0.454 e. The summed E-state index contributed by atoms with van der Waals surface area (Å²) in [5.41, 5.74) is 1.66. The number of hydrogen-bond donors (Lipinski definition) is 1. The van der Waals surface area contributed by atoms with E-state index in [2.05, 4.69) is 20.0 Å². The third-order valence-corrected chi connectivity index (χ3v) is 4.19. The first-order chi connectivity index (χ1) is 11.8. The quantitative estimate of drug-likeness (QED) is 0.383. The van der Waals surface area contributed by atoms with Crippen molar-refractivity contribution in [2.75, 3.05) is 37.9 Å². The number of piperazine rings is 1. The third-order valence-electron chi connectivity index (χ3n) is 4.19. The summed E-state index contributed by atoms with van der Waals surface area (Å²) in [6.45, 7) is 3.34. The van der Waals surface area contributed by atoms with Gasteiger partial charge in [-0.3, -0.25) is 4.98 Å². The topological polar surface area (TPSA) is 83.3 Å². The highest BCUT2D eigenvalue weighted by molar-refractivity contribution is 5.96. The van der Waals surface area contributed by atoms with Crippen LogP contribution in [-0.4, -0.2) is 58.9 Å². The maximum Gasteiger partial charge on any atom is 0.231 e. The SMILES string of the molecule is O/N=C(\c1cnccn1)N1CCN(c2ccc3c(c2)OCO3)CC1. The lowest BCUT2D eigenvalue weighted by molar-refractivity contribution is 0.174. The minimum Gasteiger partial charge on any atom is -0.454 e. The molecule has 8 nitrogen and oxygen atoms in total. The van der Waals surface area contributed by atoms with Crippen molar-refractivity contribution in [3.05, 3.63) is 42.5 Å². The molecule has 1 aromatic heterocycles. The van der Waals surface area contributed by atoms with E-state index >= 15 is 0 Å². The van der Waals surface area contributed by atoms with Crippen LogP contribution < -0.4 is 14.4 Å². The highest BCUT2D eigenvalue weighted by Gasteiger charge is 2.23. The van der Waals surface area contributed by atoms with Crippen molar-refractivity contribution < 1.29 is 14.7 Å². The predicted octanol–water partition coefficient (Wildman–Crippen LogP) is 1.16. The highest BCUT2D eigenvalue weighted by Crippen LogP contribution is 2.35.